The summed E-state index contributed by atoms with van der Waals surface area (Å²) in [7, 11) is 1.60. The van der Waals surface area contributed by atoms with Crippen molar-refractivity contribution in [2.24, 2.45) is 0 Å². The molecule has 0 saturated carbocycles. The minimum Gasteiger partial charge on any atom is -0.497 e. The summed E-state index contributed by atoms with van der Waals surface area (Å²) >= 11 is 13.0. The van der Waals surface area contributed by atoms with Crippen LogP contribution in [0.15, 0.2) is 52.1 Å². The summed E-state index contributed by atoms with van der Waals surface area (Å²) in [4.78, 5) is 12.2. The molecule has 0 N–H and O–H groups in total. The number of nitrogens with zero attached hydrogens (tertiary/aromatic N) is 2. The molecule has 3 rings (SSSR count). The quantitative estimate of drug-likeness (QED) is 0.374. The molecule has 2 aromatic carbocycles. The lowest BCUT2D eigenvalue weighted by Crippen LogP contribution is -2.03. The largest absolute Gasteiger partial charge is 0.497 e. The summed E-state index contributed by atoms with van der Waals surface area (Å²) in [6, 6.07) is 11.9. The minimum atomic E-state index is -0.157. The Kier molecular flexibility index (Phi) is 6.60. The van der Waals surface area contributed by atoms with Gasteiger partial charge >= 0.3 is 0 Å². The van der Waals surface area contributed by atoms with E-state index in [4.69, 9.17) is 37.1 Å². The van der Waals surface area contributed by atoms with Gasteiger partial charge in [0.25, 0.3) is 11.1 Å². The van der Waals surface area contributed by atoms with E-state index in [0.717, 1.165) is 17.5 Å². The fraction of sp³-hybridized carbons (Fsp3) is 0.167. The van der Waals surface area contributed by atoms with Gasteiger partial charge in [-0.25, -0.2) is 0 Å². The van der Waals surface area contributed by atoms with Crippen LogP contribution in [0.2, 0.25) is 10.0 Å². The predicted molar refractivity (Wildman–Crippen MR) is 103 cm³/mol. The number of carbonyl (C=O) groups is 1. The first kappa shape index (κ1) is 19.5. The lowest BCUT2D eigenvalue weighted by molar-refractivity contribution is 0.102. The van der Waals surface area contributed by atoms with Crippen molar-refractivity contribution in [1.29, 1.82) is 0 Å². The second-order valence-corrected chi connectivity index (χ2v) is 7.03. The maximum atomic E-state index is 12.2. The molecule has 27 heavy (non-hydrogen) atoms. The summed E-state index contributed by atoms with van der Waals surface area (Å²) in [6.07, 6.45) is 0. The second kappa shape index (κ2) is 9.12. The van der Waals surface area contributed by atoms with Gasteiger partial charge in [0.05, 0.1) is 17.9 Å². The summed E-state index contributed by atoms with van der Waals surface area (Å²) in [6.45, 7) is 0.122. The first-order chi connectivity index (χ1) is 13.0. The molecule has 0 amide bonds. The van der Waals surface area contributed by atoms with Gasteiger partial charge in [0.2, 0.25) is 0 Å². The Morgan fingerprint density at radius 2 is 1.85 bits per heavy atom. The molecule has 140 valence electrons. The molecule has 0 radical (unpaired) electrons. The molecular weight excluding hydrogens is 411 g/mol. The number of ketones is 1. The molecule has 1 heterocycles. The fourth-order valence-electron chi connectivity index (χ4n) is 2.09. The Morgan fingerprint density at radius 3 is 2.56 bits per heavy atom. The number of rotatable bonds is 8. The van der Waals surface area contributed by atoms with Gasteiger partial charge < -0.3 is 13.9 Å². The number of aromatic nitrogens is 2. The molecular formula is C18H14Cl2N2O4S. The van der Waals surface area contributed by atoms with E-state index in [2.05, 4.69) is 10.2 Å². The van der Waals surface area contributed by atoms with Crippen LogP contribution in [0.1, 0.15) is 16.2 Å². The third kappa shape index (κ3) is 5.38. The number of thioether (sulfide) groups is 1. The van der Waals surface area contributed by atoms with E-state index in [1.165, 1.54) is 6.07 Å². The summed E-state index contributed by atoms with van der Waals surface area (Å²) in [5.41, 5.74) is 0.399. The van der Waals surface area contributed by atoms with E-state index in [0.29, 0.717) is 27.2 Å². The molecule has 1 aromatic heterocycles. The van der Waals surface area contributed by atoms with Crippen LogP contribution < -0.4 is 9.47 Å². The molecule has 0 unspecified atom stereocenters. The lowest BCUT2D eigenvalue weighted by atomic mass is 10.1. The highest BCUT2D eigenvalue weighted by Crippen LogP contribution is 2.24. The number of methoxy groups -OCH3 is 1. The van der Waals surface area contributed by atoms with Crippen LogP contribution >= 0.6 is 35.0 Å². The van der Waals surface area contributed by atoms with Crippen LogP contribution in [0.3, 0.4) is 0 Å². The van der Waals surface area contributed by atoms with Crippen molar-refractivity contribution in [3.8, 4) is 11.5 Å². The number of halogens is 2. The van der Waals surface area contributed by atoms with Crippen molar-refractivity contribution >= 4 is 40.7 Å². The van der Waals surface area contributed by atoms with Crippen LogP contribution in [0.4, 0.5) is 0 Å². The molecule has 6 nitrogen and oxygen atoms in total. The van der Waals surface area contributed by atoms with Crippen molar-refractivity contribution < 1.29 is 18.7 Å². The number of ether oxygens (including phenoxy) is 2. The summed E-state index contributed by atoms with van der Waals surface area (Å²) in [5.74, 6) is 1.66. The Balaban J connectivity index is 1.52. The predicted octanol–water partition coefficient (Wildman–Crippen LogP) is 4.94. The molecule has 0 spiro atoms. The van der Waals surface area contributed by atoms with Crippen LogP contribution in [0.5, 0.6) is 11.5 Å². The minimum absolute atomic E-state index is 0.113. The maximum Gasteiger partial charge on any atom is 0.277 e. The highest BCUT2D eigenvalue weighted by Gasteiger charge is 2.14. The number of hydrogen-bond acceptors (Lipinski definition) is 7. The normalized spacial score (nSPS) is 10.6. The molecule has 3 aromatic rings. The van der Waals surface area contributed by atoms with Gasteiger partial charge in [0.1, 0.15) is 11.5 Å². The third-order valence-corrected chi connectivity index (χ3v) is 4.79. The van der Waals surface area contributed by atoms with Gasteiger partial charge in [-0.15, -0.1) is 10.2 Å². The van der Waals surface area contributed by atoms with Crippen LogP contribution in [0.25, 0.3) is 0 Å². The highest BCUT2D eigenvalue weighted by atomic mass is 35.5. The average molecular weight is 425 g/mol. The Labute approximate surface area is 169 Å². The van der Waals surface area contributed by atoms with Crippen molar-refractivity contribution in [2.45, 2.75) is 11.8 Å². The van der Waals surface area contributed by atoms with E-state index in [9.17, 15) is 4.79 Å². The number of benzene rings is 2. The Hall–Kier alpha value is -2.22. The SMILES string of the molecule is COc1ccc(OCc2nnc(SCC(=O)c3ccc(Cl)cc3Cl)o2)cc1. The van der Waals surface area contributed by atoms with Crippen molar-refractivity contribution in [2.75, 3.05) is 12.9 Å². The van der Waals surface area contributed by atoms with Crippen LogP contribution in [-0.4, -0.2) is 28.8 Å². The molecule has 0 saturated heterocycles. The summed E-state index contributed by atoms with van der Waals surface area (Å²) < 4.78 is 16.1. The zero-order chi connectivity index (χ0) is 19.2. The van der Waals surface area contributed by atoms with Crippen molar-refractivity contribution in [3.05, 3.63) is 64.0 Å². The molecule has 0 aliphatic rings. The fourth-order valence-corrected chi connectivity index (χ4v) is 3.27. The Morgan fingerprint density at radius 1 is 1.11 bits per heavy atom. The van der Waals surface area contributed by atoms with Gasteiger partial charge in [-0.05, 0) is 42.5 Å². The number of hydrogen-bond donors (Lipinski definition) is 0. The number of Topliss-reactive ketones (excluding diaryl/α,β-unsaturated/α-hetero) is 1. The molecule has 0 aliphatic heterocycles. The summed E-state index contributed by atoms with van der Waals surface area (Å²) in [5, 5.41) is 8.87. The zero-order valence-electron chi connectivity index (χ0n) is 14.1. The van der Waals surface area contributed by atoms with E-state index >= 15 is 0 Å². The van der Waals surface area contributed by atoms with Gasteiger partial charge in [0.15, 0.2) is 12.4 Å². The first-order valence-corrected chi connectivity index (χ1v) is 9.49. The van der Waals surface area contributed by atoms with E-state index in [1.807, 2.05) is 0 Å². The van der Waals surface area contributed by atoms with E-state index in [1.54, 1.807) is 43.5 Å². The van der Waals surface area contributed by atoms with Crippen LogP contribution in [-0.2, 0) is 6.61 Å². The zero-order valence-corrected chi connectivity index (χ0v) is 16.5. The number of carbonyl (C=O) groups excluding carboxylic acids is 1. The molecule has 0 bridgehead atoms. The first-order valence-electron chi connectivity index (χ1n) is 7.75. The smallest absolute Gasteiger partial charge is 0.277 e. The molecule has 0 aliphatic carbocycles. The van der Waals surface area contributed by atoms with E-state index in [-0.39, 0.29) is 23.4 Å². The average Bonchev–Trinajstić information content (AvgIpc) is 3.13. The molecule has 0 atom stereocenters. The van der Waals surface area contributed by atoms with Crippen LogP contribution in [0, 0.1) is 0 Å². The van der Waals surface area contributed by atoms with Gasteiger partial charge in [-0.1, -0.05) is 35.0 Å². The molecule has 0 fully saturated rings. The molecule has 9 heteroatoms. The highest BCUT2D eigenvalue weighted by molar-refractivity contribution is 7.99. The third-order valence-electron chi connectivity index (χ3n) is 3.43. The van der Waals surface area contributed by atoms with Gasteiger partial charge in [-0.2, -0.15) is 0 Å². The van der Waals surface area contributed by atoms with Gasteiger partial charge in [-0.3, -0.25) is 4.79 Å². The lowest BCUT2D eigenvalue weighted by Gasteiger charge is -2.04. The van der Waals surface area contributed by atoms with Crippen molar-refractivity contribution in [3.63, 3.8) is 0 Å². The van der Waals surface area contributed by atoms with Crippen molar-refractivity contribution in [1.82, 2.24) is 10.2 Å². The van der Waals surface area contributed by atoms with Gasteiger partial charge in [0, 0.05) is 10.6 Å². The maximum absolute atomic E-state index is 12.2. The monoisotopic (exact) mass is 424 g/mol. The topological polar surface area (TPSA) is 74.5 Å². The second-order valence-electron chi connectivity index (χ2n) is 5.26. The van der Waals surface area contributed by atoms with E-state index < -0.39 is 0 Å². The standard InChI is InChI=1S/C18H14Cl2N2O4S/c1-24-12-3-5-13(6-4-12)25-9-17-21-22-18(26-17)27-10-16(23)14-7-2-11(19)8-15(14)20/h2-8H,9-10H2,1H3. The Bertz CT molecular complexity index is 931.